The van der Waals surface area contributed by atoms with Crippen LogP contribution in [0.4, 0.5) is 0 Å². The Balaban J connectivity index is 1.35. The lowest BCUT2D eigenvalue weighted by molar-refractivity contribution is -0.143. The van der Waals surface area contributed by atoms with Crippen LogP contribution >= 0.6 is 0 Å². The molecule has 0 N–H and O–H groups in total. The molecule has 2 fully saturated rings. The van der Waals surface area contributed by atoms with Crippen molar-refractivity contribution in [2.45, 2.75) is 38.0 Å². The van der Waals surface area contributed by atoms with Gasteiger partial charge in [-0.2, -0.15) is 0 Å². The summed E-state index contributed by atoms with van der Waals surface area (Å²) in [6, 6.07) is 0.103. The van der Waals surface area contributed by atoms with Crippen LogP contribution in [0.5, 0.6) is 0 Å². The zero-order valence-corrected chi connectivity index (χ0v) is 14.8. The zero-order valence-electron chi connectivity index (χ0n) is 14.8. The largest absolute Gasteiger partial charge is 0.383 e. The number of nitrogens with zero attached hydrogens (tertiary/aromatic N) is 5. The molecule has 1 amide bonds. The predicted molar refractivity (Wildman–Crippen MR) is 89.9 cm³/mol. The molecule has 138 valence electrons. The van der Waals surface area contributed by atoms with Gasteiger partial charge in [0.2, 0.25) is 5.91 Å². The van der Waals surface area contributed by atoms with E-state index in [4.69, 9.17) is 9.47 Å². The summed E-state index contributed by atoms with van der Waals surface area (Å²) in [4.78, 5) is 17.4. The number of likely N-dealkylation sites (tertiary alicyclic amines) is 2. The number of carbonyl (C=O) groups excluding carboxylic acids is 1. The Bertz CT molecular complexity index is 599. The first-order valence-electron chi connectivity index (χ1n) is 9.27. The molecule has 2 atom stereocenters. The maximum Gasteiger partial charge on any atom is 0.225 e. The van der Waals surface area contributed by atoms with Gasteiger partial charge in [0.25, 0.3) is 0 Å². The van der Waals surface area contributed by atoms with Crippen LogP contribution in [0.15, 0.2) is 6.20 Å². The quantitative estimate of drug-likeness (QED) is 0.779. The molecule has 0 radical (unpaired) electrons. The standard InChI is InChI=1S/C17H27N5O3/c1-24-9-8-20-5-2-13(3-6-20)17(23)21-7-4-16-15(11-21)22-14(12-25-16)10-18-19-22/h10,13,15-16H,2-9,11-12H2,1H3/t15-,16-/m1/s1. The van der Waals surface area contributed by atoms with Gasteiger partial charge < -0.3 is 19.3 Å². The van der Waals surface area contributed by atoms with E-state index in [1.165, 1.54) is 0 Å². The number of methoxy groups -OCH3 is 1. The molecule has 4 heterocycles. The minimum atomic E-state index is 0.103. The maximum absolute atomic E-state index is 13.0. The Morgan fingerprint density at radius 2 is 2.16 bits per heavy atom. The van der Waals surface area contributed by atoms with Crippen molar-refractivity contribution < 1.29 is 14.3 Å². The number of aromatic nitrogens is 3. The Morgan fingerprint density at radius 3 is 2.96 bits per heavy atom. The number of ether oxygens (including phenoxy) is 2. The monoisotopic (exact) mass is 349 g/mol. The second-order valence-electron chi connectivity index (χ2n) is 7.27. The molecule has 2 saturated heterocycles. The Hall–Kier alpha value is -1.51. The molecule has 3 aliphatic rings. The highest BCUT2D eigenvalue weighted by atomic mass is 16.5. The van der Waals surface area contributed by atoms with Gasteiger partial charge in [0, 0.05) is 32.7 Å². The summed E-state index contributed by atoms with van der Waals surface area (Å²) in [5.74, 6) is 0.451. The fraction of sp³-hybridized carbons (Fsp3) is 0.824. The first-order chi connectivity index (χ1) is 12.3. The third kappa shape index (κ3) is 3.43. The van der Waals surface area contributed by atoms with Crippen LogP contribution in [0.2, 0.25) is 0 Å². The first-order valence-corrected chi connectivity index (χ1v) is 9.27. The van der Waals surface area contributed by atoms with Gasteiger partial charge in [0.15, 0.2) is 0 Å². The van der Waals surface area contributed by atoms with Gasteiger partial charge in [-0.1, -0.05) is 5.21 Å². The van der Waals surface area contributed by atoms with Gasteiger partial charge in [-0.25, -0.2) is 4.68 Å². The maximum atomic E-state index is 13.0. The number of carbonyl (C=O) groups is 1. The van der Waals surface area contributed by atoms with Crippen LogP contribution < -0.4 is 0 Å². The molecule has 0 aromatic carbocycles. The summed E-state index contributed by atoms with van der Waals surface area (Å²) in [5.41, 5.74) is 1.00. The Kier molecular flexibility index (Phi) is 5.00. The van der Waals surface area contributed by atoms with Crippen LogP contribution in [0.3, 0.4) is 0 Å². The molecule has 8 heteroatoms. The summed E-state index contributed by atoms with van der Waals surface area (Å²) < 4.78 is 13.0. The van der Waals surface area contributed by atoms with Gasteiger partial charge in [-0.3, -0.25) is 4.79 Å². The molecule has 8 nitrogen and oxygen atoms in total. The van der Waals surface area contributed by atoms with Crippen molar-refractivity contribution >= 4 is 5.91 Å². The van der Waals surface area contributed by atoms with Gasteiger partial charge in [0.1, 0.15) is 0 Å². The lowest BCUT2D eigenvalue weighted by Gasteiger charge is -2.42. The van der Waals surface area contributed by atoms with E-state index < -0.39 is 0 Å². The molecule has 0 bridgehead atoms. The summed E-state index contributed by atoms with van der Waals surface area (Å²) in [7, 11) is 1.73. The highest BCUT2D eigenvalue weighted by molar-refractivity contribution is 5.79. The van der Waals surface area contributed by atoms with Crippen molar-refractivity contribution in [2.24, 2.45) is 5.92 Å². The van der Waals surface area contributed by atoms with Crippen molar-refractivity contribution in [3.05, 3.63) is 11.9 Å². The normalized spacial score (nSPS) is 27.8. The van der Waals surface area contributed by atoms with E-state index in [9.17, 15) is 4.79 Å². The van der Waals surface area contributed by atoms with Gasteiger partial charge >= 0.3 is 0 Å². The topological polar surface area (TPSA) is 72.7 Å². The van der Waals surface area contributed by atoms with Crippen LogP contribution in [0.1, 0.15) is 31.0 Å². The molecule has 1 aromatic rings. The van der Waals surface area contributed by atoms with Crippen LogP contribution in [0.25, 0.3) is 0 Å². The van der Waals surface area contributed by atoms with Crippen LogP contribution in [-0.2, 0) is 20.9 Å². The fourth-order valence-electron chi connectivity index (χ4n) is 4.26. The van der Waals surface area contributed by atoms with Crippen molar-refractivity contribution in [3.63, 3.8) is 0 Å². The number of fused-ring (bicyclic) bond motifs is 3. The average Bonchev–Trinajstić information content (AvgIpc) is 3.15. The van der Waals surface area contributed by atoms with Crippen LogP contribution in [-0.4, -0.2) is 83.2 Å². The Morgan fingerprint density at radius 1 is 1.32 bits per heavy atom. The third-order valence-electron chi connectivity index (χ3n) is 5.79. The zero-order chi connectivity index (χ0) is 17.2. The van der Waals surface area contributed by atoms with E-state index in [1.54, 1.807) is 13.3 Å². The molecular weight excluding hydrogens is 322 g/mol. The van der Waals surface area contributed by atoms with Gasteiger partial charge in [-0.05, 0) is 32.4 Å². The summed E-state index contributed by atoms with van der Waals surface area (Å²) in [6.07, 6.45) is 4.67. The smallest absolute Gasteiger partial charge is 0.225 e. The molecule has 0 spiro atoms. The van der Waals surface area contributed by atoms with E-state index >= 15 is 0 Å². The van der Waals surface area contributed by atoms with Gasteiger partial charge in [0.05, 0.1) is 37.3 Å². The molecule has 3 aliphatic heterocycles. The summed E-state index contributed by atoms with van der Waals surface area (Å²) >= 11 is 0. The third-order valence-corrected chi connectivity index (χ3v) is 5.79. The first kappa shape index (κ1) is 16.9. The minimum absolute atomic E-state index is 0.103. The van der Waals surface area contributed by atoms with Gasteiger partial charge in [-0.15, -0.1) is 5.10 Å². The van der Waals surface area contributed by atoms with Crippen molar-refractivity contribution in [1.82, 2.24) is 24.8 Å². The fourth-order valence-corrected chi connectivity index (χ4v) is 4.26. The molecular formula is C17H27N5O3. The number of piperidine rings is 2. The van der Waals surface area contributed by atoms with E-state index in [-0.39, 0.29) is 18.1 Å². The van der Waals surface area contributed by atoms with E-state index in [1.807, 2.05) is 9.58 Å². The van der Waals surface area contributed by atoms with Crippen molar-refractivity contribution in [3.8, 4) is 0 Å². The highest BCUT2D eigenvalue weighted by Gasteiger charge is 2.39. The second-order valence-corrected chi connectivity index (χ2v) is 7.27. The molecule has 25 heavy (non-hydrogen) atoms. The van der Waals surface area contributed by atoms with Crippen molar-refractivity contribution in [1.29, 1.82) is 0 Å². The number of hydrogen-bond acceptors (Lipinski definition) is 6. The average molecular weight is 349 g/mol. The SMILES string of the molecule is COCCN1CCC(C(=O)N2CC[C@H]3OCc4cnnn4[C@@H]3C2)CC1. The number of amides is 1. The van der Waals surface area contributed by atoms with Crippen molar-refractivity contribution in [2.75, 3.05) is 46.4 Å². The highest BCUT2D eigenvalue weighted by Crippen LogP contribution is 2.31. The lowest BCUT2D eigenvalue weighted by atomic mass is 9.93. The molecule has 0 saturated carbocycles. The molecule has 1 aromatic heterocycles. The van der Waals surface area contributed by atoms with E-state index in [0.29, 0.717) is 19.1 Å². The second kappa shape index (κ2) is 7.39. The Labute approximate surface area is 148 Å². The number of rotatable bonds is 4. The summed E-state index contributed by atoms with van der Waals surface area (Å²) in [5, 5.41) is 8.22. The molecule has 0 unspecified atom stereocenters. The number of hydrogen-bond donors (Lipinski definition) is 0. The lowest BCUT2D eigenvalue weighted by Crippen LogP contribution is -2.52. The van der Waals surface area contributed by atoms with Crippen LogP contribution in [0, 0.1) is 5.92 Å². The van der Waals surface area contributed by atoms with E-state index in [2.05, 4.69) is 15.2 Å². The van der Waals surface area contributed by atoms with E-state index in [0.717, 1.165) is 57.7 Å². The molecule has 4 rings (SSSR count). The predicted octanol–water partition coefficient (Wildman–Crippen LogP) is 0.309. The summed E-state index contributed by atoms with van der Waals surface area (Å²) in [6.45, 7) is 5.72. The minimum Gasteiger partial charge on any atom is -0.383 e. The molecule has 0 aliphatic carbocycles.